The lowest BCUT2D eigenvalue weighted by atomic mass is 10.1. The third-order valence-corrected chi connectivity index (χ3v) is 5.64. The molecule has 2 aromatic heterocycles. The number of anilines is 1. The molecule has 0 radical (unpaired) electrons. The zero-order chi connectivity index (χ0) is 23.5. The van der Waals surface area contributed by atoms with Crippen LogP contribution in [0.4, 0.5) is 10.6 Å². The first-order valence-corrected chi connectivity index (χ1v) is 10.5. The number of rotatable bonds is 5. The number of furan rings is 1. The van der Waals surface area contributed by atoms with Crippen molar-refractivity contribution in [2.75, 3.05) is 12.4 Å². The number of carbonyl (C=O) groups excluding carboxylic acids is 2. The largest absolute Gasteiger partial charge is 0.465 e. The van der Waals surface area contributed by atoms with Gasteiger partial charge >= 0.3 is 6.09 Å². The van der Waals surface area contributed by atoms with Crippen LogP contribution in [-0.4, -0.2) is 46.0 Å². The minimum Gasteiger partial charge on any atom is -0.465 e. The SMILES string of the molecule is Cc1oc2ccccc2c1CN(C)C(=O)/C=C/c1cnc2c(c1)CCC(NC(=O)O)C(=O)N2. The fourth-order valence-electron chi connectivity index (χ4n) is 3.87. The molecule has 0 aliphatic carbocycles. The highest BCUT2D eigenvalue weighted by Crippen LogP contribution is 2.26. The lowest BCUT2D eigenvalue weighted by Gasteiger charge is -2.15. The summed E-state index contributed by atoms with van der Waals surface area (Å²) in [5.41, 5.74) is 3.26. The summed E-state index contributed by atoms with van der Waals surface area (Å²) in [4.78, 5) is 41.6. The van der Waals surface area contributed by atoms with Crippen molar-refractivity contribution in [1.29, 1.82) is 0 Å². The van der Waals surface area contributed by atoms with Crippen LogP contribution in [-0.2, 0) is 22.6 Å². The number of likely N-dealkylation sites (N-methyl/N-ethyl adjacent to an activating group) is 1. The summed E-state index contributed by atoms with van der Waals surface area (Å²) in [7, 11) is 1.73. The molecule has 1 aliphatic rings. The van der Waals surface area contributed by atoms with Gasteiger partial charge in [0.05, 0.1) is 0 Å². The lowest BCUT2D eigenvalue weighted by molar-refractivity contribution is -0.125. The van der Waals surface area contributed by atoms with E-state index >= 15 is 0 Å². The minimum absolute atomic E-state index is 0.173. The van der Waals surface area contributed by atoms with E-state index in [1.54, 1.807) is 24.2 Å². The Morgan fingerprint density at radius 2 is 2.15 bits per heavy atom. The fraction of sp³-hybridized carbons (Fsp3) is 0.250. The van der Waals surface area contributed by atoms with Gasteiger partial charge in [-0.05, 0) is 49.1 Å². The number of para-hydroxylation sites is 1. The minimum atomic E-state index is -1.25. The summed E-state index contributed by atoms with van der Waals surface area (Å²) in [6, 6.07) is 8.73. The van der Waals surface area contributed by atoms with Gasteiger partial charge in [-0.1, -0.05) is 18.2 Å². The van der Waals surface area contributed by atoms with Crippen LogP contribution in [0, 0.1) is 6.92 Å². The molecule has 1 atom stereocenters. The molecule has 3 heterocycles. The summed E-state index contributed by atoms with van der Waals surface area (Å²) in [5.74, 6) is 0.574. The highest BCUT2D eigenvalue weighted by Gasteiger charge is 2.25. The van der Waals surface area contributed by atoms with Gasteiger partial charge in [0.1, 0.15) is 23.2 Å². The number of fused-ring (bicyclic) bond motifs is 2. The average molecular weight is 448 g/mol. The Hall–Kier alpha value is -4.14. The van der Waals surface area contributed by atoms with Crippen LogP contribution in [0.5, 0.6) is 0 Å². The van der Waals surface area contributed by atoms with E-state index in [0.29, 0.717) is 30.8 Å². The average Bonchev–Trinajstić information content (AvgIpc) is 3.01. The number of benzene rings is 1. The van der Waals surface area contributed by atoms with Gasteiger partial charge in [-0.2, -0.15) is 0 Å². The molecule has 0 bridgehead atoms. The lowest BCUT2D eigenvalue weighted by Crippen LogP contribution is -2.42. The van der Waals surface area contributed by atoms with Crippen molar-refractivity contribution >= 4 is 40.8 Å². The van der Waals surface area contributed by atoms with Crippen LogP contribution in [0.15, 0.2) is 47.0 Å². The molecule has 3 N–H and O–H groups in total. The smallest absolute Gasteiger partial charge is 0.405 e. The summed E-state index contributed by atoms with van der Waals surface area (Å²) in [5, 5.41) is 14.7. The molecule has 9 nitrogen and oxygen atoms in total. The summed E-state index contributed by atoms with van der Waals surface area (Å²) < 4.78 is 5.78. The number of hydrogen-bond acceptors (Lipinski definition) is 5. The molecule has 0 saturated heterocycles. The quantitative estimate of drug-likeness (QED) is 0.514. The molecule has 4 rings (SSSR count). The molecular formula is C24H24N4O5. The molecule has 0 saturated carbocycles. The normalized spacial score (nSPS) is 15.7. The van der Waals surface area contributed by atoms with Crippen molar-refractivity contribution < 1.29 is 23.9 Å². The topological polar surface area (TPSA) is 125 Å². The van der Waals surface area contributed by atoms with Crippen LogP contribution >= 0.6 is 0 Å². The molecule has 0 fully saturated rings. The van der Waals surface area contributed by atoms with E-state index in [1.165, 1.54) is 6.08 Å². The Balaban J connectivity index is 1.44. The van der Waals surface area contributed by atoms with Crippen LogP contribution < -0.4 is 10.6 Å². The van der Waals surface area contributed by atoms with Gasteiger partial charge in [-0.3, -0.25) is 9.59 Å². The van der Waals surface area contributed by atoms with E-state index in [1.807, 2.05) is 37.3 Å². The molecule has 170 valence electrons. The van der Waals surface area contributed by atoms with Crippen molar-refractivity contribution in [2.45, 2.75) is 32.4 Å². The van der Waals surface area contributed by atoms with Crippen molar-refractivity contribution in [3.05, 3.63) is 65.1 Å². The summed E-state index contributed by atoms with van der Waals surface area (Å²) >= 11 is 0. The second-order valence-electron chi connectivity index (χ2n) is 7.97. The number of nitrogens with one attached hydrogen (secondary N) is 2. The molecule has 1 aliphatic heterocycles. The Bertz CT molecular complexity index is 1260. The number of aryl methyl sites for hydroxylation is 2. The molecule has 9 heteroatoms. The molecular weight excluding hydrogens is 424 g/mol. The van der Waals surface area contributed by atoms with Gasteiger partial charge in [0.2, 0.25) is 11.8 Å². The number of amides is 3. The first-order valence-electron chi connectivity index (χ1n) is 10.5. The maximum Gasteiger partial charge on any atom is 0.405 e. The Morgan fingerprint density at radius 1 is 1.36 bits per heavy atom. The van der Waals surface area contributed by atoms with E-state index in [2.05, 4.69) is 15.6 Å². The highest BCUT2D eigenvalue weighted by molar-refractivity contribution is 5.97. The first kappa shape index (κ1) is 22.1. The van der Waals surface area contributed by atoms with E-state index in [9.17, 15) is 14.4 Å². The Kier molecular flexibility index (Phi) is 6.12. The van der Waals surface area contributed by atoms with Crippen LogP contribution in [0.3, 0.4) is 0 Å². The summed E-state index contributed by atoms with van der Waals surface area (Å²) in [6.45, 7) is 2.30. The van der Waals surface area contributed by atoms with E-state index in [-0.39, 0.29) is 5.91 Å². The van der Waals surface area contributed by atoms with Crippen molar-refractivity contribution in [3.8, 4) is 0 Å². The van der Waals surface area contributed by atoms with Gasteiger partial charge in [-0.15, -0.1) is 0 Å². The number of hydrogen-bond donors (Lipinski definition) is 3. The highest BCUT2D eigenvalue weighted by atomic mass is 16.4. The molecule has 1 aromatic carbocycles. The first-order chi connectivity index (χ1) is 15.8. The van der Waals surface area contributed by atoms with Gasteiger partial charge in [0.25, 0.3) is 0 Å². The van der Waals surface area contributed by atoms with Gasteiger partial charge in [0, 0.05) is 36.8 Å². The Labute approximate surface area is 190 Å². The second kappa shape index (κ2) is 9.15. The zero-order valence-corrected chi connectivity index (χ0v) is 18.3. The number of pyridine rings is 1. The number of carboxylic acid groups (broad SMARTS) is 1. The maximum absolute atomic E-state index is 12.7. The zero-order valence-electron chi connectivity index (χ0n) is 18.3. The van der Waals surface area contributed by atoms with Crippen LogP contribution in [0.1, 0.15) is 28.9 Å². The number of aromatic nitrogens is 1. The molecule has 1 unspecified atom stereocenters. The van der Waals surface area contributed by atoms with Gasteiger partial charge in [0.15, 0.2) is 0 Å². The van der Waals surface area contributed by atoms with Gasteiger partial charge in [-0.25, -0.2) is 9.78 Å². The fourth-order valence-corrected chi connectivity index (χ4v) is 3.87. The van der Waals surface area contributed by atoms with E-state index in [4.69, 9.17) is 9.52 Å². The second-order valence-corrected chi connectivity index (χ2v) is 7.97. The summed E-state index contributed by atoms with van der Waals surface area (Å²) in [6.07, 6.45) is 4.24. The predicted molar refractivity (Wildman–Crippen MR) is 123 cm³/mol. The number of nitrogens with zero attached hydrogens (tertiary/aromatic N) is 2. The van der Waals surface area contributed by atoms with Crippen molar-refractivity contribution in [1.82, 2.24) is 15.2 Å². The molecule has 33 heavy (non-hydrogen) atoms. The van der Waals surface area contributed by atoms with Crippen LogP contribution in [0.2, 0.25) is 0 Å². The monoisotopic (exact) mass is 448 g/mol. The van der Waals surface area contributed by atoms with E-state index in [0.717, 1.165) is 27.9 Å². The predicted octanol–water partition coefficient (Wildman–Crippen LogP) is 3.33. The third kappa shape index (κ3) is 4.87. The number of carbonyl (C=O) groups is 3. The van der Waals surface area contributed by atoms with Crippen LogP contribution in [0.25, 0.3) is 17.0 Å². The molecule has 3 amide bonds. The van der Waals surface area contributed by atoms with Crippen molar-refractivity contribution in [2.24, 2.45) is 0 Å². The third-order valence-electron chi connectivity index (χ3n) is 5.64. The van der Waals surface area contributed by atoms with E-state index < -0.39 is 18.0 Å². The molecule has 0 spiro atoms. The van der Waals surface area contributed by atoms with Crippen molar-refractivity contribution in [3.63, 3.8) is 0 Å². The standard InChI is InChI=1S/C24H24N4O5/c1-14-18(17-5-3-4-6-20(17)33-14)13-28(2)21(29)10-7-15-11-16-8-9-19(26-24(31)32)23(30)27-22(16)25-12-15/h3-7,10-12,19,26H,8-9,13H2,1-2H3,(H,31,32)(H,25,27,30)/b10-7+. The maximum atomic E-state index is 12.7. The molecule has 3 aromatic rings. The Morgan fingerprint density at radius 3 is 2.94 bits per heavy atom. The van der Waals surface area contributed by atoms with Gasteiger partial charge < -0.3 is 25.1 Å².